The zero-order valence-corrected chi connectivity index (χ0v) is 20.5. The van der Waals surface area contributed by atoms with Crippen molar-refractivity contribution in [2.24, 2.45) is 0 Å². The lowest BCUT2D eigenvalue weighted by molar-refractivity contribution is 0.0946. The van der Waals surface area contributed by atoms with Gasteiger partial charge in [-0.25, -0.2) is 4.98 Å². The van der Waals surface area contributed by atoms with Crippen LogP contribution in [0.4, 0.5) is 0 Å². The Bertz CT molecular complexity index is 1430. The van der Waals surface area contributed by atoms with Crippen LogP contribution in [0, 0.1) is 6.92 Å². The fourth-order valence-electron chi connectivity index (χ4n) is 3.46. The maximum absolute atomic E-state index is 12.5. The van der Waals surface area contributed by atoms with Crippen LogP contribution in [0.2, 0.25) is 0 Å². The van der Waals surface area contributed by atoms with E-state index in [1.807, 2.05) is 41.0 Å². The number of para-hydroxylation sites is 1. The number of pyridine rings is 2. The zero-order valence-electron chi connectivity index (χ0n) is 18.8. The SMILES string of the molecule is Cc1ccccc1-n1c(SCc2nc(C(=O)NCc3cccnc3)cs2)nnc1-c1cccnc1. The molecule has 0 saturated heterocycles. The molecule has 0 radical (unpaired) electrons. The summed E-state index contributed by atoms with van der Waals surface area (Å²) in [5.41, 5.74) is 4.35. The second kappa shape index (κ2) is 10.6. The predicted molar refractivity (Wildman–Crippen MR) is 136 cm³/mol. The number of thiazole rings is 1. The fraction of sp³-hybridized carbons (Fsp3) is 0.120. The van der Waals surface area contributed by atoms with Gasteiger partial charge in [0, 0.05) is 42.3 Å². The average Bonchev–Trinajstić information content (AvgIpc) is 3.55. The monoisotopic (exact) mass is 499 g/mol. The maximum atomic E-state index is 12.5. The normalized spacial score (nSPS) is 10.9. The molecule has 1 aromatic carbocycles. The third-order valence-electron chi connectivity index (χ3n) is 5.19. The molecule has 5 rings (SSSR count). The molecule has 0 saturated carbocycles. The third kappa shape index (κ3) is 5.28. The Kier molecular flexibility index (Phi) is 6.92. The first-order valence-electron chi connectivity index (χ1n) is 10.8. The number of nitrogens with one attached hydrogen (secondary N) is 1. The minimum absolute atomic E-state index is 0.205. The van der Waals surface area contributed by atoms with E-state index in [1.54, 1.807) is 30.2 Å². The minimum atomic E-state index is -0.205. The number of rotatable bonds is 8. The van der Waals surface area contributed by atoms with Crippen LogP contribution in [-0.2, 0) is 12.3 Å². The highest BCUT2D eigenvalue weighted by molar-refractivity contribution is 7.98. The molecule has 35 heavy (non-hydrogen) atoms. The molecule has 0 bridgehead atoms. The molecule has 0 aliphatic carbocycles. The number of aryl methyl sites for hydroxylation is 1. The number of hydrogen-bond acceptors (Lipinski definition) is 8. The average molecular weight is 500 g/mol. The maximum Gasteiger partial charge on any atom is 0.271 e. The Morgan fingerprint density at radius 3 is 2.63 bits per heavy atom. The number of aromatic nitrogens is 6. The first-order chi connectivity index (χ1) is 17.2. The summed E-state index contributed by atoms with van der Waals surface area (Å²) in [6.45, 7) is 2.47. The molecule has 0 aliphatic heterocycles. The van der Waals surface area contributed by atoms with Crippen molar-refractivity contribution in [1.29, 1.82) is 0 Å². The lowest BCUT2D eigenvalue weighted by Gasteiger charge is -2.12. The lowest BCUT2D eigenvalue weighted by Crippen LogP contribution is -2.23. The van der Waals surface area contributed by atoms with Gasteiger partial charge in [-0.2, -0.15) is 0 Å². The first kappa shape index (κ1) is 22.9. The van der Waals surface area contributed by atoms with Gasteiger partial charge in [0.1, 0.15) is 10.7 Å². The number of nitrogens with zero attached hydrogens (tertiary/aromatic N) is 6. The molecule has 8 nitrogen and oxygen atoms in total. The molecular weight excluding hydrogens is 478 g/mol. The van der Waals surface area contributed by atoms with Crippen LogP contribution in [0.1, 0.15) is 26.6 Å². The van der Waals surface area contributed by atoms with Crippen LogP contribution >= 0.6 is 23.1 Å². The number of carbonyl (C=O) groups excluding carboxylic acids is 1. The molecule has 1 amide bonds. The molecular formula is C25H21N7OS2. The second-order valence-electron chi connectivity index (χ2n) is 7.63. The van der Waals surface area contributed by atoms with E-state index in [9.17, 15) is 4.79 Å². The predicted octanol–water partition coefficient (Wildman–Crippen LogP) is 4.71. The van der Waals surface area contributed by atoms with Crippen molar-refractivity contribution in [2.45, 2.75) is 24.4 Å². The second-order valence-corrected chi connectivity index (χ2v) is 9.51. The molecule has 0 atom stereocenters. The van der Waals surface area contributed by atoms with E-state index in [2.05, 4.69) is 49.5 Å². The number of thioether (sulfide) groups is 1. The van der Waals surface area contributed by atoms with E-state index in [4.69, 9.17) is 0 Å². The van der Waals surface area contributed by atoms with Gasteiger partial charge in [-0.05, 0) is 42.3 Å². The van der Waals surface area contributed by atoms with Crippen molar-refractivity contribution < 1.29 is 4.79 Å². The number of hydrogen-bond donors (Lipinski definition) is 1. The van der Waals surface area contributed by atoms with Crippen molar-refractivity contribution in [1.82, 2.24) is 35.0 Å². The van der Waals surface area contributed by atoms with Gasteiger partial charge < -0.3 is 5.32 Å². The van der Waals surface area contributed by atoms with Gasteiger partial charge >= 0.3 is 0 Å². The van der Waals surface area contributed by atoms with Crippen molar-refractivity contribution in [3.8, 4) is 17.1 Å². The summed E-state index contributed by atoms with van der Waals surface area (Å²) in [6, 6.07) is 15.7. The van der Waals surface area contributed by atoms with Crippen LogP contribution in [0.3, 0.4) is 0 Å². The topological polar surface area (TPSA) is 98.5 Å². The summed E-state index contributed by atoms with van der Waals surface area (Å²) in [6.07, 6.45) is 6.95. The van der Waals surface area contributed by atoms with Crippen molar-refractivity contribution >= 4 is 29.0 Å². The van der Waals surface area contributed by atoms with Crippen LogP contribution < -0.4 is 5.32 Å². The first-order valence-corrected chi connectivity index (χ1v) is 12.7. The van der Waals surface area contributed by atoms with Gasteiger partial charge in [-0.15, -0.1) is 21.5 Å². The highest BCUT2D eigenvalue weighted by Crippen LogP contribution is 2.31. The van der Waals surface area contributed by atoms with Gasteiger partial charge in [0.05, 0.1) is 11.4 Å². The van der Waals surface area contributed by atoms with E-state index < -0.39 is 0 Å². The third-order valence-corrected chi connectivity index (χ3v) is 7.17. The van der Waals surface area contributed by atoms with E-state index in [0.717, 1.165) is 38.4 Å². The Morgan fingerprint density at radius 2 is 1.86 bits per heavy atom. The highest BCUT2D eigenvalue weighted by atomic mass is 32.2. The van der Waals surface area contributed by atoms with Gasteiger partial charge in [-0.3, -0.25) is 19.3 Å². The molecule has 10 heteroatoms. The van der Waals surface area contributed by atoms with E-state index >= 15 is 0 Å². The number of benzene rings is 1. The molecule has 1 N–H and O–H groups in total. The zero-order chi connectivity index (χ0) is 24.0. The van der Waals surface area contributed by atoms with Crippen LogP contribution in [-0.4, -0.2) is 35.6 Å². The molecule has 174 valence electrons. The largest absolute Gasteiger partial charge is 0.347 e. The summed E-state index contributed by atoms with van der Waals surface area (Å²) in [5, 5.41) is 15.2. The van der Waals surface area contributed by atoms with Crippen LogP contribution in [0.25, 0.3) is 17.1 Å². The number of amides is 1. The van der Waals surface area contributed by atoms with Crippen LogP contribution in [0.15, 0.2) is 83.9 Å². The Hall–Kier alpha value is -3.89. The molecule has 5 aromatic rings. The highest BCUT2D eigenvalue weighted by Gasteiger charge is 2.18. The van der Waals surface area contributed by atoms with Gasteiger partial charge in [0.2, 0.25) is 0 Å². The summed E-state index contributed by atoms with van der Waals surface area (Å²) >= 11 is 2.99. The standard InChI is InChI=1S/C25H21N7OS2/c1-17-6-2-3-9-21(17)32-23(19-8-5-11-27-14-19)30-31-25(32)35-16-22-29-20(15-34-22)24(33)28-13-18-7-4-10-26-12-18/h2-12,14-15H,13,16H2,1H3,(H,28,33). The molecule has 4 heterocycles. The summed E-state index contributed by atoms with van der Waals surface area (Å²) in [5.74, 6) is 1.09. The Balaban J connectivity index is 1.33. The van der Waals surface area contributed by atoms with E-state index in [0.29, 0.717) is 18.0 Å². The molecule has 0 spiro atoms. The summed E-state index contributed by atoms with van der Waals surface area (Å²) in [7, 11) is 0. The number of carbonyl (C=O) groups is 1. The quantitative estimate of drug-likeness (QED) is 0.309. The summed E-state index contributed by atoms with van der Waals surface area (Å²) < 4.78 is 2.05. The van der Waals surface area contributed by atoms with Crippen LogP contribution in [0.5, 0.6) is 0 Å². The fourth-order valence-corrected chi connectivity index (χ4v) is 5.20. The Labute approximate surface area is 210 Å². The Morgan fingerprint density at radius 1 is 1.03 bits per heavy atom. The van der Waals surface area contributed by atoms with Crippen molar-refractivity contribution in [3.05, 3.63) is 101 Å². The van der Waals surface area contributed by atoms with Gasteiger partial charge in [-0.1, -0.05) is 36.0 Å². The van der Waals surface area contributed by atoms with Gasteiger partial charge in [0.15, 0.2) is 11.0 Å². The molecule has 0 fully saturated rings. The molecule has 4 aromatic heterocycles. The molecule has 0 aliphatic rings. The molecule has 0 unspecified atom stereocenters. The van der Waals surface area contributed by atoms with Crippen molar-refractivity contribution in [2.75, 3.05) is 0 Å². The summed E-state index contributed by atoms with van der Waals surface area (Å²) in [4.78, 5) is 25.3. The lowest BCUT2D eigenvalue weighted by atomic mass is 10.2. The minimum Gasteiger partial charge on any atom is -0.347 e. The van der Waals surface area contributed by atoms with Crippen molar-refractivity contribution in [3.63, 3.8) is 0 Å². The van der Waals surface area contributed by atoms with E-state index in [1.165, 1.54) is 23.1 Å². The smallest absolute Gasteiger partial charge is 0.271 e. The van der Waals surface area contributed by atoms with Gasteiger partial charge in [0.25, 0.3) is 5.91 Å². The van der Waals surface area contributed by atoms with E-state index in [-0.39, 0.29) is 5.91 Å².